The molecule has 2 aromatic carbocycles. The van der Waals surface area contributed by atoms with Gasteiger partial charge in [0.25, 0.3) is 0 Å². The van der Waals surface area contributed by atoms with E-state index in [9.17, 15) is 14.4 Å². The first-order chi connectivity index (χ1) is 16.4. The summed E-state index contributed by atoms with van der Waals surface area (Å²) in [4.78, 5) is 38.5. The van der Waals surface area contributed by atoms with Gasteiger partial charge in [-0.05, 0) is 41.5 Å². The molecule has 0 saturated heterocycles. The zero-order valence-electron chi connectivity index (χ0n) is 19.7. The highest BCUT2D eigenvalue weighted by atomic mass is 16.5. The van der Waals surface area contributed by atoms with E-state index in [0.717, 1.165) is 35.1 Å². The summed E-state index contributed by atoms with van der Waals surface area (Å²) in [6.07, 6.45) is 2.48. The minimum Gasteiger partial charge on any atom is -0.481 e. The molecule has 4 rings (SSSR count). The molecule has 0 aliphatic heterocycles. The Bertz CT molecular complexity index is 1020. The number of rotatable bonds is 9. The lowest BCUT2D eigenvalue weighted by Gasteiger charge is -2.40. The molecular formula is C27H32N2O5. The highest BCUT2D eigenvalue weighted by Crippen LogP contribution is 2.44. The zero-order valence-corrected chi connectivity index (χ0v) is 19.7. The second-order valence-electron chi connectivity index (χ2n) is 9.27. The highest BCUT2D eigenvalue weighted by molar-refractivity contribution is 5.86. The van der Waals surface area contributed by atoms with Crippen LogP contribution >= 0.6 is 0 Å². The Kier molecular flexibility index (Phi) is 7.20. The maximum atomic E-state index is 13.1. The molecule has 0 aromatic heterocycles. The number of alkyl carbamates (subject to hydrolysis) is 1. The zero-order chi connectivity index (χ0) is 24.2. The fraction of sp³-hybridized carbons (Fsp3) is 0.444. The third kappa shape index (κ3) is 4.79. The van der Waals surface area contributed by atoms with Crippen molar-refractivity contribution in [2.24, 2.45) is 5.92 Å². The van der Waals surface area contributed by atoms with Crippen molar-refractivity contribution >= 4 is 18.0 Å². The number of likely N-dealkylation sites (N-methyl/N-ethyl adjacent to an activating group) is 1. The first kappa shape index (κ1) is 23.8. The molecule has 7 heteroatoms. The third-order valence-electron chi connectivity index (χ3n) is 7.14. The molecule has 2 aromatic rings. The quantitative estimate of drug-likeness (QED) is 0.573. The monoisotopic (exact) mass is 464 g/mol. The number of fused-ring (bicyclic) bond motifs is 3. The van der Waals surface area contributed by atoms with Gasteiger partial charge in [0, 0.05) is 19.0 Å². The van der Waals surface area contributed by atoms with Gasteiger partial charge in [-0.3, -0.25) is 9.59 Å². The van der Waals surface area contributed by atoms with Crippen LogP contribution in [0.2, 0.25) is 0 Å². The van der Waals surface area contributed by atoms with Crippen LogP contribution in [0, 0.1) is 5.92 Å². The van der Waals surface area contributed by atoms with Gasteiger partial charge in [-0.25, -0.2) is 4.79 Å². The van der Waals surface area contributed by atoms with Gasteiger partial charge in [0.2, 0.25) is 5.91 Å². The van der Waals surface area contributed by atoms with Crippen LogP contribution in [0.15, 0.2) is 48.5 Å². The number of nitrogens with one attached hydrogen (secondary N) is 1. The van der Waals surface area contributed by atoms with Crippen molar-refractivity contribution in [2.45, 2.75) is 57.0 Å². The van der Waals surface area contributed by atoms with E-state index in [0.29, 0.717) is 19.3 Å². The summed E-state index contributed by atoms with van der Waals surface area (Å²) in [6.45, 7) is 2.22. The average Bonchev–Trinajstić information content (AvgIpc) is 3.12. The number of ether oxygens (including phenoxy) is 1. The molecule has 1 unspecified atom stereocenters. The molecular weight excluding hydrogens is 432 g/mol. The van der Waals surface area contributed by atoms with Crippen LogP contribution in [0.1, 0.15) is 56.1 Å². The fourth-order valence-electron chi connectivity index (χ4n) is 4.98. The lowest BCUT2D eigenvalue weighted by molar-refractivity contribution is -0.150. The largest absolute Gasteiger partial charge is 0.481 e. The van der Waals surface area contributed by atoms with Gasteiger partial charge in [0.15, 0.2) is 0 Å². The van der Waals surface area contributed by atoms with Gasteiger partial charge in [-0.2, -0.15) is 0 Å². The van der Waals surface area contributed by atoms with Crippen molar-refractivity contribution in [3.63, 3.8) is 0 Å². The van der Waals surface area contributed by atoms with E-state index >= 15 is 0 Å². The van der Waals surface area contributed by atoms with E-state index in [1.807, 2.05) is 31.2 Å². The van der Waals surface area contributed by atoms with Crippen LogP contribution in [0.3, 0.4) is 0 Å². The van der Waals surface area contributed by atoms with E-state index < -0.39 is 24.0 Å². The van der Waals surface area contributed by atoms with Crippen LogP contribution in [-0.4, -0.2) is 53.7 Å². The topological polar surface area (TPSA) is 95.9 Å². The number of carboxylic acids is 1. The number of unbranched alkanes of at least 4 members (excludes halogenated alkanes) is 1. The van der Waals surface area contributed by atoms with Gasteiger partial charge < -0.3 is 20.1 Å². The lowest BCUT2D eigenvalue weighted by atomic mass is 9.79. The van der Waals surface area contributed by atoms with Crippen LogP contribution in [0.25, 0.3) is 11.1 Å². The van der Waals surface area contributed by atoms with Crippen molar-refractivity contribution in [1.82, 2.24) is 10.2 Å². The van der Waals surface area contributed by atoms with Gasteiger partial charge in [0.1, 0.15) is 12.6 Å². The Morgan fingerprint density at radius 1 is 1.06 bits per heavy atom. The van der Waals surface area contributed by atoms with E-state index in [1.165, 1.54) is 0 Å². The Hall–Kier alpha value is -3.35. The molecule has 0 radical (unpaired) electrons. The van der Waals surface area contributed by atoms with E-state index in [1.54, 1.807) is 11.9 Å². The fourth-order valence-corrected chi connectivity index (χ4v) is 4.98. The number of carboxylic acid groups (broad SMARTS) is 1. The summed E-state index contributed by atoms with van der Waals surface area (Å²) >= 11 is 0. The molecule has 7 nitrogen and oxygen atoms in total. The second kappa shape index (κ2) is 10.3. The van der Waals surface area contributed by atoms with Crippen molar-refractivity contribution in [1.29, 1.82) is 0 Å². The average molecular weight is 465 g/mol. The Morgan fingerprint density at radius 3 is 2.21 bits per heavy atom. The SMILES string of the molecule is CCCCC(NC(=O)OCC1c2ccccc2-c2ccccc21)C(=O)N(C)C1CC(C(=O)O)C1. The van der Waals surface area contributed by atoms with Crippen molar-refractivity contribution in [2.75, 3.05) is 13.7 Å². The van der Waals surface area contributed by atoms with Crippen molar-refractivity contribution in [3.05, 3.63) is 59.7 Å². The summed E-state index contributed by atoms with van der Waals surface area (Å²) in [7, 11) is 1.68. The number of hydrogen-bond acceptors (Lipinski definition) is 4. The summed E-state index contributed by atoms with van der Waals surface area (Å²) in [6, 6.07) is 15.5. The standard InChI is InChI=1S/C27H32N2O5/c1-3-4-13-24(25(30)29(2)18-14-17(15-18)26(31)32)28-27(33)34-16-23-21-11-7-5-9-19(21)20-10-6-8-12-22(20)23/h5-12,17-18,23-24H,3-4,13-16H2,1-2H3,(H,28,33)(H,31,32). The molecule has 0 bridgehead atoms. The Balaban J connectivity index is 1.38. The molecule has 1 saturated carbocycles. The van der Waals surface area contributed by atoms with Crippen molar-refractivity contribution < 1.29 is 24.2 Å². The Labute approximate surface area is 200 Å². The smallest absolute Gasteiger partial charge is 0.407 e. The number of amides is 2. The van der Waals surface area contributed by atoms with Gasteiger partial charge in [0.05, 0.1) is 5.92 Å². The predicted molar refractivity (Wildman–Crippen MR) is 128 cm³/mol. The van der Waals surface area contributed by atoms with E-state index in [-0.39, 0.29) is 24.5 Å². The van der Waals surface area contributed by atoms with Gasteiger partial charge in [-0.15, -0.1) is 0 Å². The first-order valence-corrected chi connectivity index (χ1v) is 12.0. The molecule has 0 heterocycles. The summed E-state index contributed by atoms with van der Waals surface area (Å²) in [5, 5.41) is 11.9. The Morgan fingerprint density at radius 2 is 1.65 bits per heavy atom. The molecule has 34 heavy (non-hydrogen) atoms. The molecule has 0 spiro atoms. The molecule has 2 N–H and O–H groups in total. The number of nitrogens with zero attached hydrogens (tertiary/aromatic N) is 1. The lowest BCUT2D eigenvalue weighted by Crippen LogP contribution is -2.54. The normalized spacial score (nSPS) is 19.4. The summed E-state index contributed by atoms with van der Waals surface area (Å²) in [5.41, 5.74) is 4.58. The minimum absolute atomic E-state index is 0.0476. The summed E-state index contributed by atoms with van der Waals surface area (Å²) in [5.74, 6) is -1.47. The summed E-state index contributed by atoms with van der Waals surface area (Å²) < 4.78 is 5.63. The maximum absolute atomic E-state index is 13.1. The molecule has 2 aliphatic rings. The predicted octanol–water partition coefficient (Wildman–Crippen LogP) is 4.41. The van der Waals surface area contributed by atoms with Crippen LogP contribution in [-0.2, 0) is 14.3 Å². The van der Waals surface area contributed by atoms with Crippen molar-refractivity contribution in [3.8, 4) is 11.1 Å². The molecule has 2 aliphatic carbocycles. The molecule has 1 atom stereocenters. The van der Waals surface area contributed by atoms with Crippen LogP contribution in [0.5, 0.6) is 0 Å². The highest BCUT2D eigenvalue weighted by Gasteiger charge is 2.40. The van der Waals surface area contributed by atoms with E-state index in [4.69, 9.17) is 9.84 Å². The number of hydrogen-bond donors (Lipinski definition) is 2. The number of benzene rings is 2. The number of carbonyl (C=O) groups excluding carboxylic acids is 2. The maximum Gasteiger partial charge on any atom is 0.407 e. The van der Waals surface area contributed by atoms with Crippen LogP contribution < -0.4 is 5.32 Å². The van der Waals surface area contributed by atoms with Crippen LogP contribution in [0.4, 0.5) is 4.79 Å². The van der Waals surface area contributed by atoms with Gasteiger partial charge in [-0.1, -0.05) is 68.3 Å². The minimum atomic E-state index is -0.823. The number of carbonyl (C=O) groups is 3. The molecule has 180 valence electrons. The van der Waals surface area contributed by atoms with Gasteiger partial charge >= 0.3 is 12.1 Å². The third-order valence-corrected chi connectivity index (χ3v) is 7.14. The first-order valence-electron chi connectivity index (χ1n) is 12.0. The second-order valence-corrected chi connectivity index (χ2v) is 9.27. The molecule has 2 amide bonds. The van der Waals surface area contributed by atoms with E-state index in [2.05, 4.69) is 29.6 Å². The molecule has 1 fully saturated rings. The number of aliphatic carboxylic acids is 1.